The van der Waals surface area contributed by atoms with Gasteiger partial charge in [-0.3, -0.25) is 4.79 Å². The van der Waals surface area contributed by atoms with Gasteiger partial charge in [0.15, 0.2) is 0 Å². The first kappa shape index (κ1) is 17.6. The minimum absolute atomic E-state index is 0.0813. The van der Waals surface area contributed by atoms with E-state index in [1.165, 1.54) is 5.69 Å². The van der Waals surface area contributed by atoms with Crippen LogP contribution in [0.3, 0.4) is 0 Å². The van der Waals surface area contributed by atoms with Crippen molar-refractivity contribution >= 4 is 17.3 Å². The van der Waals surface area contributed by atoms with E-state index in [-0.39, 0.29) is 11.9 Å². The van der Waals surface area contributed by atoms with Crippen molar-refractivity contribution in [2.24, 2.45) is 0 Å². The van der Waals surface area contributed by atoms with Crippen LogP contribution in [0.25, 0.3) is 0 Å². The number of rotatable bonds is 7. The number of ether oxygens (including phenoxy) is 1. The molecule has 1 aliphatic heterocycles. The fraction of sp³-hybridized carbons (Fsp3) is 0.611. The predicted molar refractivity (Wildman–Crippen MR) is 95.3 cm³/mol. The highest BCUT2D eigenvalue weighted by molar-refractivity contribution is 5.81. The first-order valence-electron chi connectivity index (χ1n) is 8.58. The molecule has 5 heteroatoms. The van der Waals surface area contributed by atoms with Crippen LogP contribution in [0, 0.1) is 0 Å². The van der Waals surface area contributed by atoms with Gasteiger partial charge in [0, 0.05) is 37.1 Å². The van der Waals surface area contributed by atoms with Crippen LogP contribution in [0.5, 0.6) is 0 Å². The SMILES string of the molecule is CCCNC(=O)CN(c1ccc(N2CCOCC2)cc1)C(C)C. The van der Waals surface area contributed by atoms with Crippen LogP contribution < -0.4 is 15.1 Å². The molecule has 0 aliphatic carbocycles. The molecule has 1 amide bonds. The van der Waals surface area contributed by atoms with Gasteiger partial charge in [-0.25, -0.2) is 0 Å². The molecule has 0 aromatic heterocycles. The molecule has 0 radical (unpaired) electrons. The first-order valence-corrected chi connectivity index (χ1v) is 8.58. The number of carbonyl (C=O) groups is 1. The second-order valence-corrected chi connectivity index (χ2v) is 6.19. The third-order valence-corrected chi connectivity index (χ3v) is 4.07. The molecule has 5 nitrogen and oxygen atoms in total. The van der Waals surface area contributed by atoms with Gasteiger partial charge >= 0.3 is 0 Å². The van der Waals surface area contributed by atoms with Gasteiger partial charge < -0.3 is 19.9 Å². The summed E-state index contributed by atoms with van der Waals surface area (Å²) in [5, 5.41) is 2.95. The molecule has 23 heavy (non-hydrogen) atoms. The number of anilines is 2. The zero-order valence-electron chi connectivity index (χ0n) is 14.5. The molecular weight excluding hydrogens is 290 g/mol. The average Bonchev–Trinajstić information content (AvgIpc) is 2.58. The van der Waals surface area contributed by atoms with Crippen LogP contribution in [0.1, 0.15) is 27.2 Å². The molecule has 0 bridgehead atoms. The minimum Gasteiger partial charge on any atom is -0.378 e. The summed E-state index contributed by atoms with van der Waals surface area (Å²) >= 11 is 0. The Labute approximate surface area is 139 Å². The summed E-state index contributed by atoms with van der Waals surface area (Å²) in [5.74, 6) is 0.0813. The van der Waals surface area contributed by atoms with Gasteiger partial charge in [0.1, 0.15) is 0 Å². The number of hydrogen-bond acceptors (Lipinski definition) is 4. The van der Waals surface area contributed by atoms with Gasteiger partial charge in [0.25, 0.3) is 0 Å². The van der Waals surface area contributed by atoms with Gasteiger partial charge in [0.05, 0.1) is 19.8 Å². The molecule has 0 saturated carbocycles. The Hall–Kier alpha value is -1.75. The van der Waals surface area contributed by atoms with Gasteiger partial charge in [0.2, 0.25) is 5.91 Å². The number of nitrogens with zero attached hydrogens (tertiary/aromatic N) is 2. The van der Waals surface area contributed by atoms with Gasteiger partial charge in [-0.05, 0) is 44.5 Å². The first-order chi connectivity index (χ1) is 11.1. The normalized spacial score (nSPS) is 14.9. The summed E-state index contributed by atoms with van der Waals surface area (Å²) in [7, 11) is 0. The quantitative estimate of drug-likeness (QED) is 0.837. The molecule has 1 aromatic carbocycles. The van der Waals surface area contributed by atoms with E-state index in [1.54, 1.807) is 0 Å². The lowest BCUT2D eigenvalue weighted by atomic mass is 10.2. The molecule has 1 fully saturated rings. The number of nitrogens with one attached hydrogen (secondary N) is 1. The maximum Gasteiger partial charge on any atom is 0.239 e. The van der Waals surface area contributed by atoms with Gasteiger partial charge in [-0.1, -0.05) is 6.92 Å². The smallest absolute Gasteiger partial charge is 0.239 e. The average molecular weight is 319 g/mol. The van der Waals surface area contributed by atoms with Gasteiger partial charge in [-0.2, -0.15) is 0 Å². The van der Waals surface area contributed by atoms with Crippen molar-refractivity contribution in [2.75, 3.05) is 49.2 Å². The fourth-order valence-electron chi connectivity index (χ4n) is 2.72. The van der Waals surface area contributed by atoms with Crippen LogP contribution in [-0.4, -0.2) is 51.3 Å². The third-order valence-electron chi connectivity index (χ3n) is 4.07. The van der Waals surface area contributed by atoms with Crippen molar-refractivity contribution in [3.63, 3.8) is 0 Å². The maximum atomic E-state index is 12.0. The van der Waals surface area contributed by atoms with E-state index in [4.69, 9.17) is 4.74 Å². The Kier molecular flexibility index (Phi) is 6.71. The summed E-state index contributed by atoms with van der Waals surface area (Å²) in [6, 6.07) is 8.77. The van der Waals surface area contributed by atoms with E-state index in [1.807, 2.05) is 0 Å². The van der Waals surface area contributed by atoms with Crippen LogP contribution in [0.4, 0.5) is 11.4 Å². The second kappa shape index (κ2) is 8.77. The standard InChI is InChI=1S/C18H29N3O2/c1-4-9-19-18(22)14-21(15(2)3)17-7-5-16(6-8-17)20-10-12-23-13-11-20/h5-8,15H,4,9-14H2,1-3H3,(H,19,22). The molecule has 0 unspecified atom stereocenters. The van der Waals surface area contributed by atoms with E-state index >= 15 is 0 Å². The monoisotopic (exact) mass is 319 g/mol. The van der Waals surface area contributed by atoms with Crippen LogP contribution in [0.15, 0.2) is 24.3 Å². The van der Waals surface area contributed by atoms with E-state index in [0.29, 0.717) is 6.54 Å². The number of amides is 1. The third kappa shape index (κ3) is 5.13. The molecule has 1 saturated heterocycles. The molecule has 2 rings (SSSR count). The summed E-state index contributed by atoms with van der Waals surface area (Å²) in [5.41, 5.74) is 2.31. The lowest BCUT2D eigenvalue weighted by Gasteiger charge is -2.31. The fourth-order valence-corrected chi connectivity index (χ4v) is 2.72. The Morgan fingerprint density at radius 3 is 2.48 bits per heavy atom. The molecule has 1 N–H and O–H groups in total. The summed E-state index contributed by atoms with van der Waals surface area (Å²) in [6.45, 7) is 10.9. The molecular formula is C18H29N3O2. The van der Waals surface area contributed by atoms with Crippen molar-refractivity contribution in [2.45, 2.75) is 33.2 Å². The van der Waals surface area contributed by atoms with Crippen molar-refractivity contribution < 1.29 is 9.53 Å². The van der Waals surface area contributed by atoms with Crippen LogP contribution >= 0.6 is 0 Å². The Bertz CT molecular complexity index is 482. The largest absolute Gasteiger partial charge is 0.378 e. The van der Waals surface area contributed by atoms with E-state index in [0.717, 1.165) is 45.0 Å². The van der Waals surface area contributed by atoms with Crippen LogP contribution in [-0.2, 0) is 9.53 Å². The lowest BCUT2D eigenvalue weighted by Crippen LogP contribution is -2.41. The maximum absolute atomic E-state index is 12.0. The minimum atomic E-state index is 0.0813. The number of morpholine rings is 1. The second-order valence-electron chi connectivity index (χ2n) is 6.19. The van der Waals surface area contributed by atoms with E-state index < -0.39 is 0 Å². The molecule has 1 aliphatic rings. The lowest BCUT2D eigenvalue weighted by molar-refractivity contribution is -0.119. The Morgan fingerprint density at radius 1 is 1.26 bits per heavy atom. The van der Waals surface area contributed by atoms with E-state index in [2.05, 4.69) is 60.2 Å². The summed E-state index contributed by atoms with van der Waals surface area (Å²) in [4.78, 5) is 16.5. The van der Waals surface area contributed by atoms with Crippen LogP contribution in [0.2, 0.25) is 0 Å². The molecule has 1 aromatic rings. The number of carbonyl (C=O) groups excluding carboxylic acids is 1. The van der Waals surface area contributed by atoms with E-state index in [9.17, 15) is 4.79 Å². The number of benzene rings is 1. The van der Waals surface area contributed by atoms with Crippen molar-refractivity contribution in [3.05, 3.63) is 24.3 Å². The number of hydrogen-bond donors (Lipinski definition) is 1. The topological polar surface area (TPSA) is 44.8 Å². The van der Waals surface area contributed by atoms with Gasteiger partial charge in [-0.15, -0.1) is 0 Å². The Morgan fingerprint density at radius 2 is 1.91 bits per heavy atom. The highest BCUT2D eigenvalue weighted by atomic mass is 16.5. The zero-order valence-corrected chi connectivity index (χ0v) is 14.5. The molecule has 0 atom stereocenters. The predicted octanol–water partition coefficient (Wildman–Crippen LogP) is 2.26. The van der Waals surface area contributed by atoms with Crippen molar-refractivity contribution in [1.82, 2.24) is 5.32 Å². The van der Waals surface area contributed by atoms with Crippen molar-refractivity contribution in [3.8, 4) is 0 Å². The molecule has 1 heterocycles. The highest BCUT2D eigenvalue weighted by Gasteiger charge is 2.16. The summed E-state index contributed by atoms with van der Waals surface area (Å²) < 4.78 is 5.40. The Balaban J connectivity index is 2.02. The van der Waals surface area contributed by atoms with Crippen molar-refractivity contribution in [1.29, 1.82) is 0 Å². The zero-order chi connectivity index (χ0) is 16.7. The molecule has 0 spiro atoms. The molecule has 128 valence electrons. The summed E-state index contributed by atoms with van der Waals surface area (Å²) in [6.07, 6.45) is 0.960. The highest BCUT2D eigenvalue weighted by Crippen LogP contribution is 2.23.